The zero-order chi connectivity index (χ0) is 22.5. The number of guanidine groups is 1. The number of amides is 1. The fraction of sp³-hybridized carbons (Fsp3) is 0.652. The second-order valence-electron chi connectivity index (χ2n) is 7.95. The number of piperidine rings is 1. The van der Waals surface area contributed by atoms with Crippen LogP contribution in [0.3, 0.4) is 0 Å². The molecule has 1 aromatic carbocycles. The van der Waals surface area contributed by atoms with Crippen molar-refractivity contribution in [2.75, 3.05) is 46.4 Å². The van der Waals surface area contributed by atoms with Crippen molar-refractivity contribution in [2.24, 2.45) is 16.6 Å². The van der Waals surface area contributed by atoms with Gasteiger partial charge in [-0.3, -0.25) is 4.79 Å². The third kappa shape index (κ3) is 10.2. The van der Waals surface area contributed by atoms with E-state index in [9.17, 15) is 4.79 Å². The first-order valence-electron chi connectivity index (χ1n) is 11.4. The van der Waals surface area contributed by atoms with Gasteiger partial charge in [0.1, 0.15) is 6.10 Å². The van der Waals surface area contributed by atoms with E-state index in [-0.39, 0.29) is 41.9 Å². The highest BCUT2D eigenvalue weighted by Crippen LogP contribution is 2.26. The van der Waals surface area contributed by atoms with Crippen LogP contribution in [0.1, 0.15) is 39.5 Å². The van der Waals surface area contributed by atoms with Crippen molar-refractivity contribution < 1.29 is 14.3 Å². The fourth-order valence-corrected chi connectivity index (χ4v) is 3.64. The molecule has 1 atom stereocenters. The molecule has 1 aliphatic heterocycles. The van der Waals surface area contributed by atoms with Crippen LogP contribution in [0.2, 0.25) is 0 Å². The number of nitrogens with one attached hydrogen (secondary N) is 2. The quantitative estimate of drug-likeness (QED) is 0.157. The van der Waals surface area contributed by atoms with Crippen molar-refractivity contribution in [3.8, 4) is 11.5 Å². The summed E-state index contributed by atoms with van der Waals surface area (Å²) in [6, 6.07) is 7.64. The number of likely N-dealkylation sites (tertiary alicyclic amines) is 1. The molecule has 0 bridgehead atoms. The number of nitrogens with two attached hydrogens (primary N) is 1. The lowest BCUT2D eigenvalue weighted by Crippen LogP contribution is -2.40. The second-order valence-corrected chi connectivity index (χ2v) is 7.95. The smallest absolute Gasteiger partial charge is 0.220 e. The predicted molar refractivity (Wildman–Crippen MR) is 140 cm³/mol. The molecule has 1 heterocycles. The second kappa shape index (κ2) is 16.0. The monoisotopic (exact) mass is 561 g/mol. The maximum Gasteiger partial charge on any atom is 0.220 e. The molecule has 1 aromatic rings. The van der Waals surface area contributed by atoms with Crippen LogP contribution in [-0.4, -0.2) is 69.2 Å². The number of unbranched alkanes of at least 4 members (excludes halogenated alkanes) is 1. The fourth-order valence-electron chi connectivity index (χ4n) is 3.64. The van der Waals surface area contributed by atoms with E-state index in [4.69, 9.17) is 15.2 Å². The summed E-state index contributed by atoms with van der Waals surface area (Å²) in [5.41, 5.74) is 5.40. The van der Waals surface area contributed by atoms with E-state index >= 15 is 0 Å². The first-order chi connectivity index (χ1) is 15.0. The van der Waals surface area contributed by atoms with Crippen LogP contribution in [0.15, 0.2) is 29.3 Å². The Morgan fingerprint density at radius 2 is 1.91 bits per heavy atom. The maximum absolute atomic E-state index is 11.3. The number of hydrogen-bond donors (Lipinski definition) is 3. The van der Waals surface area contributed by atoms with E-state index in [2.05, 4.69) is 27.4 Å². The molecular weight excluding hydrogens is 521 g/mol. The molecule has 1 saturated heterocycles. The molecule has 1 aliphatic rings. The van der Waals surface area contributed by atoms with E-state index in [1.165, 1.54) is 0 Å². The lowest BCUT2D eigenvalue weighted by Gasteiger charge is -2.30. The van der Waals surface area contributed by atoms with E-state index in [1.54, 1.807) is 7.11 Å². The third-order valence-corrected chi connectivity index (χ3v) is 5.43. The first-order valence-corrected chi connectivity index (χ1v) is 11.4. The lowest BCUT2D eigenvalue weighted by atomic mass is 9.96. The van der Waals surface area contributed by atoms with Crippen LogP contribution < -0.4 is 25.8 Å². The van der Waals surface area contributed by atoms with Gasteiger partial charge < -0.3 is 30.7 Å². The number of aliphatic imine (C=N–C) groups is 1. The number of primary amides is 1. The van der Waals surface area contributed by atoms with Crippen LogP contribution in [0.4, 0.5) is 0 Å². The number of nitrogens with zero attached hydrogens (tertiary/aromatic N) is 2. The Hall–Kier alpha value is -1.75. The largest absolute Gasteiger partial charge is 0.493 e. The first kappa shape index (κ1) is 28.3. The molecule has 1 unspecified atom stereocenters. The number of methoxy groups -OCH3 is 1. The minimum absolute atomic E-state index is 0. The van der Waals surface area contributed by atoms with Gasteiger partial charge in [-0.2, -0.15) is 0 Å². The summed E-state index contributed by atoms with van der Waals surface area (Å²) in [4.78, 5) is 18.3. The molecular formula is C23H40IN5O3. The van der Waals surface area contributed by atoms with E-state index in [0.717, 1.165) is 75.9 Å². The number of carbonyl (C=O) groups excluding carboxylic acids is 1. The van der Waals surface area contributed by atoms with Gasteiger partial charge in [-0.25, -0.2) is 4.99 Å². The van der Waals surface area contributed by atoms with Gasteiger partial charge in [-0.1, -0.05) is 12.1 Å². The maximum atomic E-state index is 11.3. The van der Waals surface area contributed by atoms with Gasteiger partial charge in [0.2, 0.25) is 5.91 Å². The van der Waals surface area contributed by atoms with Crippen LogP contribution >= 0.6 is 24.0 Å². The Labute approximate surface area is 209 Å². The summed E-state index contributed by atoms with van der Waals surface area (Å²) in [7, 11) is 1.64. The van der Waals surface area contributed by atoms with Gasteiger partial charge >= 0.3 is 0 Å². The van der Waals surface area contributed by atoms with Crippen molar-refractivity contribution in [1.29, 1.82) is 0 Å². The molecule has 0 aliphatic carbocycles. The van der Waals surface area contributed by atoms with Crippen LogP contribution in [-0.2, 0) is 4.79 Å². The summed E-state index contributed by atoms with van der Waals surface area (Å²) in [6.07, 6.45) is 3.88. The number of benzene rings is 1. The number of para-hydroxylation sites is 2. The minimum Gasteiger partial charge on any atom is -0.493 e. The van der Waals surface area contributed by atoms with Gasteiger partial charge in [0.25, 0.3) is 0 Å². The molecule has 0 saturated carbocycles. The number of hydrogen-bond acceptors (Lipinski definition) is 5. The zero-order valence-corrected chi connectivity index (χ0v) is 22.0. The Balaban J connectivity index is 0.00000512. The Kier molecular flexibility index (Phi) is 14.1. The van der Waals surface area contributed by atoms with Crippen molar-refractivity contribution in [2.45, 2.75) is 45.6 Å². The van der Waals surface area contributed by atoms with Gasteiger partial charge in [0.15, 0.2) is 17.5 Å². The van der Waals surface area contributed by atoms with Gasteiger partial charge in [-0.05, 0) is 71.3 Å². The molecule has 0 radical (unpaired) electrons. The Morgan fingerprint density at radius 3 is 2.53 bits per heavy atom. The van der Waals surface area contributed by atoms with Crippen molar-refractivity contribution in [1.82, 2.24) is 15.5 Å². The zero-order valence-electron chi connectivity index (χ0n) is 19.6. The van der Waals surface area contributed by atoms with Gasteiger partial charge in [0, 0.05) is 19.0 Å². The van der Waals surface area contributed by atoms with Crippen LogP contribution in [0.25, 0.3) is 0 Å². The molecule has 182 valence electrons. The van der Waals surface area contributed by atoms with E-state index in [1.807, 2.05) is 31.2 Å². The SMILES string of the molecule is CCNC(=NCC(C)Oc1ccccc1OC)NCCCCN1CCC(C(N)=O)CC1.I. The van der Waals surface area contributed by atoms with E-state index in [0.29, 0.717) is 6.54 Å². The Bertz CT molecular complexity index is 696. The summed E-state index contributed by atoms with van der Waals surface area (Å²) < 4.78 is 11.3. The number of halogens is 1. The predicted octanol–water partition coefficient (Wildman–Crippen LogP) is 2.61. The topological polar surface area (TPSA) is 101 Å². The number of carbonyl (C=O) groups is 1. The average molecular weight is 562 g/mol. The van der Waals surface area contributed by atoms with Crippen molar-refractivity contribution in [3.63, 3.8) is 0 Å². The van der Waals surface area contributed by atoms with Crippen molar-refractivity contribution in [3.05, 3.63) is 24.3 Å². The molecule has 2 rings (SSSR count). The molecule has 9 heteroatoms. The standard InChI is InChI=1S/C23H39N5O3.HI/c1-4-25-23(27-17-18(2)31-21-10-6-5-9-20(21)30-3)26-13-7-8-14-28-15-11-19(12-16-28)22(24)29;/h5-6,9-10,18-19H,4,7-8,11-17H2,1-3H3,(H2,24,29)(H2,25,26,27);1H. The highest BCUT2D eigenvalue weighted by molar-refractivity contribution is 14.0. The summed E-state index contributed by atoms with van der Waals surface area (Å²) in [5.74, 6) is 2.17. The van der Waals surface area contributed by atoms with Gasteiger partial charge in [-0.15, -0.1) is 24.0 Å². The number of rotatable bonds is 12. The molecule has 4 N–H and O–H groups in total. The van der Waals surface area contributed by atoms with E-state index < -0.39 is 0 Å². The normalized spacial score (nSPS) is 16.0. The van der Waals surface area contributed by atoms with Crippen molar-refractivity contribution >= 4 is 35.8 Å². The van der Waals surface area contributed by atoms with Crippen LogP contribution in [0.5, 0.6) is 11.5 Å². The molecule has 8 nitrogen and oxygen atoms in total. The summed E-state index contributed by atoms with van der Waals surface area (Å²) in [5, 5.41) is 6.69. The molecule has 0 spiro atoms. The van der Waals surface area contributed by atoms with Crippen LogP contribution in [0, 0.1) is 5.92 Å². The lowest BCUT2D eigenvalue weighted by molar-refractivity contribution is -0.123. The summed E-state index contributed by atoms with van der Waals surface area (Å²) in [6.45, 7) is 9.27. The molecule has 1 amide bonds. The minimum atomic E-state index is -0.151. The Morgan fingerprint density at radius 1 is 1.22 bits per heavy atom. The highest BCUT2D eigenvalue weighted by Gasteiger charge is 2.22. The van der Waals surface area contributed by atoms with Gasteiger partial charge in [0.05, 0.1) is 13.7 Å². The highest BCUT2D eigenvalue weighted by atomic mass is 127. The number of ether oxygens (including phenoxy) is 2. The average Bonchev–Trinajstić information content (AvgIpc) is 2.77. The molecule has 0 aromatic heterocycles. The third-order valence-electron chi connectivity index (χ3n) is 5.43. The molecule has 32 heavy (non-hydrogen) atoms. The molecule has 1 fully saturated rings. The summed E-state index contributed by atoms with van der Waals surface area (Å²) >= 11 is 0.